The Morgan fingerprint density at radius 1 is 1.10 bits per heavy atom. The number of aliphatic imine (C=N–C) groups is 1. The van der Waals surface area contributed by atoms with Gasteiger partial charge in [0.05, 0.1) is 5.69 Å². The van der Waals surface area contributed by atoms with Gasteiger partial charge >= 0.3 is 6.03 Å². The van der Waals surface area contributed by atoms with Crippen molar-refractivity contribution in [1.82, 2.24) is 19.2 Å². The van der Waals surface area contributed by atoms with Crippen molar-refractivity contribution in [1.29, 1.82) is 0 Å². The van der Waals surface area contributed by atoms with Gasteiger partial charge in [-0.05, 0) is 36.0 Å². The molecule has 12 nitrogen and oxygen atoms in total. The second kappa shape index (κ2) is 14.1. The molecule has 2 heterocycles. The number of amides is 3. The number of aromatic nitrogens is 4. The lowest BCUT2D eigenvalue weighted by atomic mass is 9.94. The minimum Gasteiger partial charge on any atom is -0.383 e. The van der Waals surface area contributed by atoms with Crippen LogP contribution in [-0.4, -0.2) is 37.4 Å². The number of rotatable bonds is 7. The molecule has 42 heavy (non-hydrogen) atoms. The number of nitrogens with two attached hydrogens (primary N) is 2. The fourth-order valence-corrected chi connectivity index (χ4v) is 5.57. The van der Waals surface area contributed by atoms with E-state index < -0.39 is 6.03 Å². The average Bonchev–Trinajstić information content (AvgIpc) is 3.49. The lowest BCUT2D eigenvalue weighted by Gasteiger charge is -2.25. The van der Waals surface area contributed by atoms with Gasteiger partial charge in [0.1, 0.15) is 12.2 Å². The number of aryl methyl sites for hydroxylation is 1. The highest BCUT2D eigenvalue weighted by molar-refractivity contribution is 6.08. The number of nitroso groups, excluding NO2 is 1. The lowest BCUT2D eigenvalue weighted by molar-refractivity contribution is -0.106. The molecule has 4 N–H and O–H groups in total. The Labute approximate surface area is 242 Å². The molecule has 3 amide bonds. The highest BCUT2D eigenvalue weighted by Gasteiger charge is 2.24. The first-order valence-corrected chi connectivity index (χ1v) is 13.9. The predicted octanol–water partition coefficient (Wildman–Crippen LogP) is 4.30. The highest BCUT2D eigenvalue weighted by Crippen LogP contribution is 2.29. The minimum atomic E-state index is -1.18. The molecule has 1 saturated carbocycles. The molecule has 1 aliphatic carbocycles. The van der Waals surface area contributed by atoms with E-state index in [4.69, 9.17) is 10.5 Å². The van der Waals surface area contributed by atoms with Gasteiger partial charge in [-0.1, -0.05) is 81.1 Å². The summed E-state index contributed by atoms with van der Waals surface area (Å²) in [5, 5.41) is 6.81. The lowest BCUT2D eigenvalue weighted by Crippen LogP contribution is -2.33. The first-order chi connectivity index (χ1) is 20.4. The van der Waals surface area contributed by atoms with Gasteiger partial charge in [-0.15, -0.1) is 4.91 Å². The summed E-state index contributed by atoms with van der Waals surface area (Å²) in [7, 11) is 0. The molecule has 0 saturated heterocycles. The minimum absolute atomic E-state index is 0.0257. The summed E-state index contributed by atoms with van der Waals surface area (Å²) < 4.78 is 3.74. The third-order valence-corrected chi connectivity index (χ3v) is 7.40. The Balaban J connectivity index is 0.00000129. The zero-order chi connectivity index (χ0) is 30.1. The van der Waals surface area contributed by atoms with Crippen LogP contribution in [0.4, 0.5) is 4.79 Å². The van der Waals surface area contributed by atoms with Crippen LogP contribution in [0.2, 0.25) is 0 Å². The second-order valence-corrected chi connectivity index (χ2v) is 10.0. The van der Waals surface area contributed by atoms with E-state index in [1.165, 1.54) is 12.7 Å². The van der Waals surface area contributed by atoms with Gasteiger partial charge in [-0.2, -0.15) is 15.1 Å². The van der Waals surface area contributed by atoms with Crippen LogP contribution >= 0.6 is 0 Å². The Kier molecular flexibility index (Phi) is 10.0. The number of primary amides is 1. The number of amidine groups is 1. The Bertz CT molecular complexity index is 1650. The van der Waals surface area contributed by atoms with Crippen molar-refractivity contribution in [3.63, 3.8) is 0 Å². The fraction of sp³-hybridized carbons (Fsp3) is 0.333. The summed E-state index contributed by atoms with van der Waals surface area (Å²) >= 11 is 0. The van der Waals surface area contributed by atoms with Crippen molar-refractivity contribution >= 4 is 24.1 Å². The van der Waals surface area contributed by atoms with E-state index in [1.807, 2.05) is 45.5 Å². The normalized spacial score (nSPS) is 13.8. The van der Waals surface area contributed by atoms with E-state index in [0.717, 1.165) is 66.5 Å². The van der Waals surface area contributed by atoms with Gasteiger partial charge < -0.3 is 11.5 Å². The molecular weight excluding hydrogens is 536 g/mol. The van der Waals surface area contributed by atoms with Crippen LogP contribution in [0.15, 0.2) is 69.8 Å². The second-order valence-electron chi connectivity index (χ2n) is 10.0. The molecule has 0 bridgehead atoms. The van der Waals surface area contributed by atoms with Crippen LogP contribution < -0.4 is 17.0 Å². The van der Waals surface area contributed by atoms with E-state index in [-0.39, 0.29) is 23.8 Å². The Hall–Kier alpha value is -5.00. The van der Waals surface area contributed by atoms with Crippen molar-refractivity contribution in [3.8, 4) is 11.1 Å². The van der Waals surface area contributed by atoms with Crippen molar-refractivity contribution in [2.45, 2.75) is 64.3 Å². The van der Waals surface area contributed by atoms with Crippen molar-refractivity contribution in [2.24, 2.45) is 21.6 Å². The molecule has 0 spiro atoms. The molecule has 1 fully saturated rings. The Morgan fingerprint density at radius 2 is 1.79 bits per heavy atom. The standard InChI is InChI=1S/C29H31N7O3.CH3NO/c1-2-8-25-24(27(37)35(21-9-4-3-5-10-21)29-31-18-32-36(25)29)17-19-13-15-20(16-14-19)22-11-6-7-12-23(22)26(30)33-28(38)34-39;2-1-3/h6-7,11-16,18,21H,2-5,8-10,17H2,1H3,(H2,30,33,38);1H,(H2,2,3). The van der Waals surface area contributed by atoms with E-state index in [9.17, 15) is 14.5 Å². The molecule has 0 aliphatic heterocycles. The van der Waals surface area contributed by atoms with Gasteiger partial charge in [0.2, 0.25) is 12.2 Å². The largest absolute Gasteiger partial charge is 0.406 e. The van der Waals surface area contributed by atoms with E-state index in [1.54, 1.807) is 12.1 Å². The van der Waals surface area contributed by atoms with Crippen LogP contribution in [-0.2, 0) is 17.6 Å². The monoisotopic (exact) mass is 570 g/mol. The smallest absolute Gasteiger partial charge is 0.383 e. The summed E-state index contributed by atoms with van der Waals surface area (Å²) in [5.74, 6) is 0.557. The first-order valence-electron chi connectivity index (χ1n) is 13.9. The highest BCUT2D eigenvalue weighted by atomic mass is 16.3. The van der Waals surface area contributed by atoms with Gasteiger partial charge in [0.25, 0.3) is 5.56 Å². The maximum atomic E-state index is 14.0. The molecule has 218 valence electrons. The molecule has 4 aromatic rings. The quantitative estimate of drug-likeness (QED) is 0.144. The number of fused-ring (bicyclic) bond motifs is 1. The molecule has 2 aromatic heterocycles. The van der Waals surface area contributed by atoms with Crippen molar-refractivity contribution in [3.05, 3.63) is 92.5 Å². The number of urea groups is 1. The SMILES string of the molecule is CCCc1c(Cc2ccc(-c3ccccc3/C(N)=N/C(=O)N=O)cc2)c(=O)n(C2CCCCC2)c2ncnn12.NC=O. The first kappa shape index (κ1) is 30.0. The summed E-state index contributed by atoms with van der Waals surface area (Å²) in [6, 6.07) is 14.1. The molecule has 5 rings (SSSR count). The summed E-state index contributed by atoms with van der Waals surface area (Å²) in [6.07, 6.45) is 9.26. The molecule has 2 aromatic carbocycles. The number of carbonyl (C=O) groups is 2. The maximum absolute atomic E-state index is 14.0. The number of benzene rings is 2. The van der Waals surface area contributed by atoms with Gasteiger partial charge in [-0.25, -0.2) is 9.31 Å². The topological polar surface area (TPSA) is 180 Å². The number of hydrogen-bond donors (Lipinski definition) is 2. The molecule has 0 radical (unpaired) electrons. The maximum Gasteiger partial charge on any atom is 0.406 e. The molecule has 1 aliphatic rings. The third kappa shape index (κ3) is 6.48. The van der Waals surface area contributed by atoms with Gasteiger partial charge in [-0.3, -0.25) is 14.2 Å². The van der Waals surface area contributed by atoms with Gasteiger partial charge in [0, 0.05) is 28.8 Å². The van der Waals surface area contributed by atoms with Crippen LogP contribution in [0, 0.1) is 4.91 Å². The van der Waals surface area contributed by atoms with E-state index >= 15 is 0 Å². The molecule has 12 heteroatoms. The van der Waals surface area contributed by atoms with E-state index in [2.05, 4.69) is 32.9 Å². The average molecular weight is 571 g/mol. The molecular formula is C30H34N8O4. The Morgan fingerprint density at radius 3 is 2.45 bits per heavy atom. The zero-order valence-electron chi connectivity index (χ0n) is 23.5. The molecule has 0 unspecified atom stereocenters. The van der Waals surface area contributed by atoms with Crippen LogP contribution in [0.25, 0.3) is 16.9 Å². The van der Waals surface area contributed by atoms with Crippen molar-refractivity contribution < 1.29 is 9.59 Å². The third-order valence-electron chi connectivity index (χ3n) is 7.40. The summed E-state index contributed by atoms with van der Waals surface area (Å²) in [4.78, 5) is 52.5. The van der Waals surface area contributed by atoms with Crippen LogP contribution in [0.5, 0.6) is 0 Å². The molecule has 0 atom stereocenters. The summed E-state index contributed by atoms with van der Waals surface area (Å²) in [5.41, 5.74) is 15.0. The summed E-state index contributed by atoms with van der Waals surface area (Å²) in [6.45, 7) is 2.10. The van der Waals surface area contributed by atoms with Crippen LogP contribution in [0.3, 0.4) is 0 Å². The van der Waals surface area contributed by atoms with E-state index in [0.29, 0.717) is 17.8 Å². The van der Waals surface area contributed by atoms with Crippen molar-refractivity contribution in [2.75, 3.05) is 0 Å². The predicted molar refractivity (Wildman–Crippen MR) is 160 cm³/mol. The number of nitrogens with zero attached hydrogens (tertiary/aromatic N) is 6. The van der Waals surface area contributed by atoms with Gasteiger partial charge in [0.15, 0.2) is 0 Å². The number of carbonyl (C=O) groups excluding carboxylic acids is 2. The number of hydrogen-bond acceptors (Lipinski definition) is 6. The van der Waals surface area contributed by atoms with Crippen LogP contribution in [0.1, 0.15) is 73.9 Å². The fourth-order valence-electron chi connectivity index (χ4n) is 5.57. The zero-order valence-corrected chi connectivity index (χ0v) is 23.5.